The SMILES string of the molecule is CC1(C)OC[C@@](C)(c2ncc([S@+]([O-])NC(=O)O)s2)O1. The van der Waals surface area contributed by atoms with E-state index in [0.717, 1.165) is 11.3 Å². The van der Waals surface area contributed by atoms with Crippen molar-refractivity contribution in [3.8, 4) is 0 Å². The van der Waals surface area contributed by atoms with Crippen LogP contribution in [0.2, 0.25) is 0 Å². The van der Waals surface area contributed by atoms with Crippen LogP contribution in [0, 0.1) is 0 Å². The summed E-state index contributed by atoms with van der Waals surface area (Å²) in [5.41, 5.74) is -0.708. The first-order valence-corrected chi connectivity index (χ1v) is 7.40. The molecule has 2 atom stereocenters. The number of aromatic nitrogens is 1. The van der Waals surface area contributed by atoms with Crippen molar-refractivity contribution in [2.45, 2.75) is 36.4 Å². The van der Waals surface area contributed by atoms with E-state index >= 15 is 0 Å². The normalized spacial score (nSPS) is 27.2. The zero-order valence-electron chi connectivity index (χ0n) is 10.6. The first-order valence-electron chi connectivity index (χ1n) is 5.44. The third-order valence-corrected chi connectivity index (χ3v) is 5.04. The highest BCUT2D eigenvalue weighted by Gasteiger charge is 2.45. The highest BCUT2D eigenvalue weighted by molar-refractivity contribution is 7.92. The minimum Gasteiger partial charge on any atom is -0.587 e. The van der Waals surface area contributed by atoms with Crippen molar-refractivity contribution in [2.75, 3.05) is 6.61 Å². The molecule has 1 amide bonds. The number of hydrogen-bond donors (Lipinski definition) is 2. The van der Waals surface area contributed by atoms with Gasteiger partial charge in [0.25, 0.3) is 4.21 Å². The van der Waals surface area contributed by atoms with Crippen LogP contribution < -0.4 is 4.72 Å². The molecule has 1 fully saturated rings. The average molecular weight is 306 g/mol. The number of nitrogens with zero attached hydrogens (tertiary/aromatic N) is 1. The fourth-order valence-electron chi connectivity index (χ4n) is 1.74. The highest BCUT2D eigenvalue weighted by Crippen LogP contribution is 2.40. The molecule has 0 radical (unpaired) electrons. The first kappa shape index (κ1) is 14.5. The number of hydrogen-bond acceptors (Lipinski definition) is 6. The Hall–Kier alpha value is -0.870. The molecule has 106 valence electrons. The number of carboxylic acid groups (broad SMARTS) is 1. The van der Waals surface area contributed by atoms with Crippen LogP contribution >= 0.6 is 11.3 Å². The maximum atomic E-state index is 11.6. The van der Waals surface area contributed by atoms with Gasteiger partial charge in [0.15, 0.2) is 5.79 Å². The molecule has 0 spiro atoms. The maximum Gasteiger partial charge on any atom is 0.446 e. The van der Waals surface area contributed by atoms with Crippen molar-refractivity contribution >= 4 is 28.8 Å². The van der Waals surface area contributed by atoms with Crippen LogP contribution in [-0.4, -0.2) is 33.1 Å². The zero-order chi connectivity index (χ0) is 14.3. The lowest BCUT2D eigenvalue weighted by Gasteiger charge is -2.22. The molecule has 2 rings (SSSR count). The van der Waals surface area contributed by atoms with Gasteiger partial charge in [-0.15, -0.1) is 4.72 Å². The molecule has 0 aliphatic carbocycles. The van der Waals surface area contributed by atoms with Crippen LogP contribution in [0.25, 0.3) is 0 Å². The van der Waals surface area contributed by atoms with Gasteiger partial charge >= 0.3 is 6.09 Å². The molecule has 1 aromatic rings. The van der Waals surface area contributed by atoms with Crippen molar-refractivity contribution in [3.63, 3.8) is 0 Å². The number of amides is 1. The second kappa shape index (κ2) is 4.91. The average Bonchev–Trinajstić information content (AvgIpc) is 2.83. The predicted molar refractivity (Wildman–Crippen MR) is 68.2 cm³/mol. The summed E-state index contributed by atoms with van der Waals surface area (Å²) in [5.74, 6) is -0.695. The minimum absolute atomic E-state index is 0.326. The summed E-state index contributed by atoms with van der Waals surface area (Å²) < 4.78 is 25.1. The highest BCUT2D eigenvalue weighted by atomic mass is 32.2. The van der Waals surface area contributed by atoms with E-state index in [-0.39, 0.29) is 0 Å². The van der Waals surface area contributed by atoms with Crippen LogP contribution in [0.3, 0.4) is 0 Å². The Kier molecular flexibility index (Phi) is 3.76. The van der Waals surface area contributed by atoms with Crippen molar-refractivity contribution in [1.82, 2.24) is 9.71 Å². The standard InChI is InChI=1S/C10H14N2O5S2/c1-9(2)16-5-10(3,17-9)7-11-4-6(18-7)19(15)12-8(13)14/h4,12H,5H2,1-3H3,(H,13,14)/t10-,19-/m0/s1. The van der Waals surface area contributed by atoms with Crippen molar-refractivity contribution in [2.24, 2.45) is 0 Å². The van der Waals surface area contributed by atoms with Crippen molar-refractivity contribution in [3.05, 3.63) is 11.2 Å². The third kappa shape index (κ3) is 3.18. The molecular weight excluding hydrogens is 292 g/mol. The van der Waals surface area contributed by atoms with Gasteiger partial charge in [-0.1, -0.05) is 11.3 Å². The molecule has 1 aliphatic rings. The molecular formula is C10H14N2O5S2. The van der Waals surface area contributed by atoms with E-state index < -0.39 is 28.8 Å². The van der Waals surface area contributed by atoms with E-state index in [9.17, 15) is 9.35 Å². The Bertz CT molecular complexity index is 492. The molecule has 1 saturated heterocycles. The van der Waals surface area contributed by atoms with Crippen LogP contribution in [0.15, 0.2) is 10.4 Å². The number of nitrogens with one attached hydrogen (secondary N) is 1. The Morgan fingerprint density at radius 2 is 2.32 bits per heavy atom. The molecule has 1 aromatic heterocycles. The summed E-state index contributed by atoms with van der Waals surface area (Å²) in [6.45, 7) is 5.78. The Balaban J connectivity index is 2.15. The van der Waals surface area contributed by atoms with Crippen LogP contribution in [-0.2, 0) is 26.4 Å². The summed E-state index contributed by atoms with van der Waals surface area (Å²) in [7, 11) is 0. The van der Waals surface area contributed by atoms with Gasteiger partial charge in [0, 0.05) is 0 Å². The fraction of sp³-hybridized carbons (Fsp3) is 0.600. The Labute approximate surface area is 117 Å². The van der Waals surface area contributed by atoms with Gasteiger partial charge in [-0.05, 0) is 20.8 Å². The molecule has 19 heavy (non-hydrogen) atoms. The smallest absolute Gasteiger partial charge is 0.446 e. The molecule has 7 nitrogen and oxygen atoms in total. The minimum atomic E-state index is -1.82. The van der Waals surface area contributed by atoms with Crippen molar-refractivity contribution < 1.29 is 23.9 Å². The lowest BCUT2D eigenvalue weighted by molar-refractivity contribution is -0.159. The van der Waals surface area contributed by atoms with E-state index in [1.165, 1.54) is 6.20 Å². The van der Waals surface area contributed by atoms with E-state index in [4.69, 9.17) is 14.6 Å². The van der Waals surface area contributed by atoms with Crippen LogP contribution in [0.1, 0.15) is 25.8 Å². The van der Waals surface area contributed by atoms with Gasteiger partial charge in [-0.2, -0.15) is 0 Å². The van der Waals surface area contributed by atoms with Gasteiger partial charge in [0.1, 0.15) is 22.0 Å². The summed E-state index contributed by atoms with van der Waals surface area (Å²) in [5, 5.41) is 9.12. The lowest BCUT2D eigenvalue weighted by atomic mass is 10.1. The second-order valence-corrected chi connectivity index (χ2v) is 7.15. The summed E-state index contributed by atoms with van der Waals surface area (Å²) >= 11 is -0.682. The first-order chi connectivity index (χ1) is 8.72. The van der Waals surface area contributed by atoms with E-state index in [0.29, 0.717) is 15.8 Å². The largest absolute Gasteiger partial charge is 0.587 e. The van der Waals surface area contributed by atoms with Crippen molar-refractivity contribution in [1.29, 1.82) is 0 Å². The Morgan fingerprint density at radius 3 is 2.84 bits per heavy atom. The summed E-state index contributed by atoms with van der Waals surface area (Å²) in [6, 6.07) is 0. The van der Waals surface area contributed by atoms with E-state index in [1.54, 1.807) is 13.8 Å². The lowest BCUT2D eigenvalue weighted by Crippen LogP contribution is -2.28. The Morgan fingerprint density at radius 1 is 1.63 bits per heavy atom. The zero-order valence-corrected chi connectivity index (χ0v) is 12.3. The fourth-order valence-corrected chi connectivity index (χ4v) is 3.53. The molecule has 0 saturated carbocycles. The van der Waals surface area contributed by atoms with E-state index in [1.807, 2.05) is 11.6 Å². The number of carbonyl (C=O) groups is 1. The summed E-state index contributed by atoms with van der Waals surface area (Å²) in [6.07, 6.45) is 0.0347. The maximum absolute atomic E-state index is 11.6. The third-order valence-electron chi connectivity index (χ3n) is 2.47. The monoisotopic (exact) mass is 306 g/mol. The molecule has 0 unspecified atom stereocenters. The quantitative estimate of drug-likeness (QED) is 0.819. The number of thiazole rings is 1. The van der Waals surface area contributed by atoms with Crippen LogP contribution in [0.4, 0.5) is 4.79 Å². The molecule has 2 N–H and O–H groups in total. The van der Waals surface area contributed by atoms with Gasteiger partial charge < -0.3 is 19.1 Å². The number of rotatable bonds is 3. The number of ether oxygens (including phenoxy) is 2. The van der Waals surface area contributed by atoms with Gasteiger partial charge in [-0.3, -0.25) is 0 Å². The molecule has 0 aromatic carbocycles. The second-order valence-electron chi connectivity index (χ2n) is 4.68. The molecule has 9 heteroatoms. The predicted octanol–water partition coefficient (Wildman–Crippen LogP) is 1.43. The summed E-state index contributed by atoms with van der Waals surface area (Å²) in [4.78, 5) is 14.6. The topological polar surface area (TPSA) is 104 Å². The van der Waals surface area contributed by atoms with Gasteiger partial charge in [0.2, 0.25) is 0 Å². The van der Waals surface area contributed by atoms with E-state index in [2.05, 4.69) is 4.98 Å². The van der Waals surface area contributed by atoms with Gasteiger partial charge in [-0.25, -0.2) is 9.78 Å². The van der Waals surface area contributed by atoms with Gasteiger partial charge in [0.05, 0.1) is 12.8 Å². The molecule has 0 bridgehead atoms. The molecule has 2 heterocycles. The van der Waals surface area contributed by atoms with Crippen LogP contribution in [0.5, 0.6) is 0 Å². The molecule has 1 aliphatic heterocycles.